The van der Waals surface area contributed by atoms with Gasteiger partial charge in [-0.15, -0.1) is 0 Å². The average Bonchev–Trinajstić information content (AvgIpc) is 3.23. The highest BCUT2D eigenvalue weighted by Crippen LogP contribution is 2.25. The molecule has 144 valence electrons. The molecule has 1 atom stereocenters. The van der Waals surface area contributed by atoms with Gasteiger partial charge in [0, 0.05) is 17.8 Å². The fourth-order valence-corrected chi connectivity index (χ4v) is 3.14. The van der Waals surface area contributed by atoms with Crippen molar-refractivity contribution >= 4 is 29.9 Å². The summed E-state index contributed by atoms with van der Waals surface area (Å²) in [6.07, 6.45) is 1.30. The van der Waals surface area contributed by atoms with Crippen LogP contribution in [-0.2, 0) is 11.3 Å². The van der Waals surface area contributed by atoms with Gasteiger partial charge in [0.1, 0.15) is 6.34 Å². The molecule has 0 radical (unpaired) electrons. The lowest BCUT2D eigenvalue weighted by molar-refractivity contribution is -0.110. The van der Waals surface area contributed by atoms with Gasteiger partial charge in [-0.3, -0.25) is 14.5 Å². The first-order chi connectivity index (χ1) is 14.3. The van der Waals surface area contributed by atoms with Crippen LogP contribution in [0.4, 0.5) is 11.4 Å². The Labute approximate surface area is 169 Å². The van der Waals surface area contributed by atoms with Crippen LogP contribution in [0.2, 0.25) is 0 Å². The van der Waals surface area contributed by atoms with Gasteiger partial charge in [0.25, 0.3) is 5.91 Å². The third-order valence-electron chi connectivity index (χ3n) is 4.68. The summed E-state index contributed by atoms with van der Waals surface area (Å²) in [4.78, 5) is 25.8. The van der Waals surface area contributed by atoms with Crippen molar-refractivity contribution < 1.29 is 9.59 Å². The Bertz CT molecular complexity index is 1000. The van der Waals surface area contributed by atoms with Crippen molar-refractivity contribution in [2.75, 3.05) is 10.3 Å². The minimum atomic E-state index is -0.814. The molecule has 0 saturated carbocycles. The highest BCUT2D eigenvalue weighted by atomic mass is 16.2. The van der Waals surface area contributed by atoms with E-state index in [0.717, 1.165) is 24.2 Å². The molecule has 3 aromatic carbocycles. The maximum Gasteiger partial charge on any atom is 0.261 e. The minimum absolute atomic E-state index is 0.268. The van der Waals surface area contributed by atoms with Crippen LogP contribution in [0.5, 0.6) is 0 Å². The quantitative estimate of drug-likeness (QED) is 0.658. The number of rotatable bonds is 6. The van der Waals surface area contributed by atoms with Crippen LogP contribution in [0.3, 0.4) is 0 Å². The van der Waals surface area contributed by atoms with E-state index in [1.165, 1.54) is 21.8 Å². The monoisotopic (exact) mass is 384 g/mol. The Kier molecular flexibility index (Phi) is 5.33. The summed E-state index contributed by atoms with van der Waals surface area (Å²) in [6, 6.07) is 26.6. The topological polar surface area (TPSA) is 65.0 Å². The first kappa shape index (κ1) is 18.4. The fourth-order valence-electron chi connectivity index (χ4n) is 3.14. The van der Waals surface area contributed by atoms with E-state index in [0.29, 0.717) is 5.56 Å². The molecule has 0 fully saturated rings. The van der Waals surface area contributed by atoms with Crippen molar-refractivity contribution in [3.63, 3.8) is 0 Å². The molecule has 0 spiro atoms. The fraction of sp³-hybridized carbons (Fsp3) is 0.0870. The lowest BCUT2D eigenvalue weighted by Crippen LogP contribution is -2.44. The van der Waals surface area contributed by atoms with Crippen LogP contribution in [-0.4, -0.2) is 29.6 Å². The standard InChI is InChI=1S/C23H20N4O2/c28-16-22-26(23(29)19-9-5-2-6-10-19)17-25-27(22)21-13-11-20(12-14-21)24-15-18-7-3-1-4-8-18/h1-14,16-17,22,24H,15H2. The first-order valence-corrected chi connectivity index (χ1v) is 9.30. The molecule has 0 aliphatic carbocycles. The number of hydrogen-bond acceptors (Lipinski definition) is 5. The van der Waals surface area contributed by atoms with E-state index in [4.69, 9.17) is 0 Å². The SMILES string of the molecule is O=CC1N(C(=O)c2ccccc2)C=NN1c1ccc(NCc2ccccc2)cc1. The normalized spacial score (nSPS) is 15.4. The lowest BCUT2D eigenvalue weighted by atomic mass is 10.2. The van der Waals surface area contributed by atoms with Gasteiger partial charge in [0.15, 0.2) is 12.5 Å². The maximum absolute atomic E-state index is 12.7. The summed E-state index contributed by atoms with van der Waals surface area (Å²) >= 11 is 0. The Hall–Kier alpha value is -3.93. The van der Waals surface area contributed by atoms with Crippen LogP contribution in [0.1, 0.15) is 15.9 Å². The predicted molar refractivity (Wildman–Crippen MR) is 114 cm³/mol. The van der Waals surface area contributed by atoms with E-state index < -0.39 is 6.17 Å². The second kappa shape index (κ2) is 8.39. The van der Waals surface area contributed by atoms with E-state index in [1.54, 1.807) is 24.3 Å². The molecule has 1 heterocycles. The molecule has 6 nitrogen and oxygen atoms in total. The zero-order valence-electron chi connectivity index (χ0n) is 15.7. The molecule has 3 aromatic rings. The van der Waals surface area contributed by atoms with E-state index in [-0.39, 0.29) is 5.91 Å². The average molecular weight is 384 g/mol. The van der Waals surface area contributed by atoms with Gasteiger partial charge in [-0.25, -0.2) is 5.01 Å². The Morgan fingerprint density at radius 1 is 0.931 bits per heavy atom. The maximum atomic E-state index is 12.7. The smallest absolute Gasteiger partial charge is 0.261 e. The Morgan fingerprint density at radius 2 is 1.59 bits per heavy atom. The van der Waals surface area contributed by atoms with Crippen molar-refractivity contribution in [3.05, 3.63) is 96.1 Å². The van der Waals surface area contributed by atoms with E-state index >= 15 is 0 Å². The molecule has 0 saturated heterocycles. The highest BCUT2D eigenvalue weighted by molar-refractivity contribution is 6.04. The molecule has 29 heavy (non-hydrogen) atoms. The summed E-state index contributed by atoms with van der Waals surface area (Å²) in [5.74, 6) is -0.268. The van der Waals surface area contributed by atoms with E-state index in [1.807, 2.05) is 48.5 Å². The van der Waals surface area contributed by atoms with Crippen molar-refractivity contribution in [3.8, 4) is 0 Å². The van der Waals surface area contributed by atoms with Crippen molar-refractivity contribution in [1.29, 1.82) is 0 Å². The Morgan fingerprint density at radius 3 is 2.24 bits per heavy atom. The number of benzene rings is 3. The van der Waals surface area contributed by atoms with Gasteiger partial charge < -0.3 is 5.32 Å². The molecular weight excluding hydrogens is 364 g/mol. The molecule has 1 N–H and O–H groups in total. The minimum Gasteiger partial charge on any atom is -0.381 e. The number of carbonyl (C=O) groups is 2. The largest absolute Gasteiger partial charge is 0.381 e. The van der Waals surface area contributed by atoms with E-state index in [2.05, 4.69) is 22.6 Å². The van der Waals surface area contributed by atoms with Gasteiger partial charge in [0.2, 0.25) is 0 Å². The van der Waals surface area contributed by atoms with Gasteiger partial charge in [0.05, 0.1) is 5.69 Å². The number of carbonyl (C=O) groups excluding carboxylic acids is 2. The van der Waals surface area contributed by atoms with Crippen LogP contribution < -0.4 is 10.3 Å². The van der Waals surface area contributed by atoms with Gasteiger partial charge in [-0.05, 0) is 42.0 Å². The van der Waals surface area contributed by atoms with Crippen molar-refractivity contribution in [2.24, 2.45) is 5.10 Å². The molecular formula is C23H20N4O2. The number of hydrazone groups is 1. The number of nitrogens with zero attached hydrogens (tertiary/aromatic N) is 3. The Balaban J connectivity index is 1.45. The third-order valence-corrected chi connectivity index (χ3v) is 4.68. The summed E-state index contributed by atoms with van der Waals surface area (Å²) < 4.78 is 0. The number of hydrogen-bond donors (Lipinski definition) is 1. The molecule has 0 aromatic heterocycles. The molecule has 1 aliphatic heterocycles. The van der Waals surface area contributed by atoms with Crippen LogP contribution in [0, 0.1) is 0 Å². The van der Waals surface area contributed by atoms with Gasteiger partial charge in [-0.1, -0.05) is 48.5 Å². The molecule has 1 unspecified atom stereocenters. The molecule has 1 amide bonds. The first-order valence-electron chi connectivity index (χ1n) is 9.30. The molecule has 0 bridgehead atoms. The van der Waals surface area contributed by atoms with Gasteiger partial charge in [-0.2, -0.15) is 5.10 Å². The molecule has 6 heteroatoms. The van der Waals surface area contributed by atoms with E-state index in [9.17, 15) is 9.59 Å². The van der Waals surface area contributed by atoms with Crippen LogP contribution in [0.25, 0.3) is 0 Å². The predicted octanol–water partition coefficient (Wildman–Crippen LogP) is 3.73. The van der Waals surface area contributed by atoms with Crippen molar-refractivity contribution in [1.82, 2.24) is 4.90 Å². The summed E-state index contributed by atoms with van der Waals surface area (Å²) in [7, 11) is 0. The van der Waals surface area contributed by atoms with Crippen molar-refractivity contribution in [2.45, 2.75) is 12.7 Å². The number of amides is 1. The second-order valence-corrected chi connectivity index (χ2v) is 6.59. The zero-order chi connectivity index (χ0) is 20.1. The third kappa shape index (κ3) is 4.01. The summed E-state index contributed by atoms with van der Waals surface area (Å²) in [6.45, 7) is 0.721. The van der Waals surface area contributed by atoms with Gasteiger partial charge >= 0.3 is 0 Å². The molecule has 1 aliphatic rings. The summed E-state index contributed by atoms with van der Waals surface area (Å²) in [5.41, 5.74) is 3.39. The zero-order valence-corrected chi connectivity index (χ0v) is 15.7. The number of nitrogens with one attached hydrogen (secondary N) is 1. The second-order valence-electron chi connectivity index (χ2n) is 6.59. The lowest BCUT2D eigenvalue weighted by Gasteiger charge is -2.25. The highest BCUT2D eigenvalue weighted by Gasteiger charge is 2.33. The number of anilines is 2. The van der Waals surface area contributed by atoms with Crippen LogP contribution >= 0.6 is 0 Å². The summed E-state index contributed by atoms with van der Waals surface area (Å²) in [5, 5.41) is 9.17. The molecule has 4 rings (SSSR count). The number of aldehydes is 1. The van der Waals surface area contributed by atoms with Crippen LogP contribution in [0.15, 0.2) is 90.0 Å².